The fraction of sp³-hybridized carbons (Fsp3) is 0.875. The topological polar surface area (TPSA) is 115 Å². The number of hydrogen-bond acceptors (Lipinski definition) is 2. The standard InChI is InChI=1S/C10H20.C4H10.2CH2O3/c1-10(2,3)9-7-5-4-6-8-9;1-4(2)3;2*2-1(3)4/h9H,4-8H2,1-3H3;4H,1-3H3;2*(H2,2,3,4). The molecule has 0 aromatic carbocycles. The van der Waals surface area contributed by atoms with Crippen molar-refractivity contribution in [1.82, 2.24) is 0 Å². The van der Waals surface area contributed by atoms with Gasteiger partial charge in [-0.1, -0.05) is 60.8 Å². The van der Waals surface area contributed by atoms with Crippen molar-refractivity contribution in [3.63, 3.8) is 0 Å². The molecule has 1 saturated carbocycles. The van der Waals surface area contributed by atoms with Gasteiger partial charge in [0.1, 0.15) is 0 Å². The van der Waals surface area contributed by atoms with Crippen LogP contribution in [-0.2, 0) is 0 Å². The molecule has 0 aromatic rings. The van der Waals surface area contributed by atoms with Crippen molar-refractivity contribution in [3.05, 3.63) is 0 Å². The highest BCUT2D eigenvalue weighted by molar-refractivity contribution is 5.53. The van der Waals surface area contributed by atoms with Crippen LogP contribution in [0.25, 0.3) is 0 Å². The zero-order valence-corrected chi connectivity index (χ0v) is 14.8. The third kappa shape index (κ3) is 36.3. The fourth-order valence-electron chi connectivity index (χ4n) is 1.97. The molecule has 0 bridgehead atoms. The second kappa shape index (κ2) is 14.5. The van der Waals surface area contributed by atoms with Crippen LogP contribution < -0.4 is 0 Å². The Morgan fingerprint density at radius 3 is 1.18 bits per heavy atom. The summed E-state index contributed by atoms with van der Waals surface area (Å²) >= 11 is 0. The van der Waals surface area contributed by atoms with Crippen LogP contribution in [0.15, 0.2) is 0 Å². The quantitative estimate of drug-likeness (QED) is 0.453. The van der Waals surface area contributed by atoms with E-state index in [2.05, 4.69) is 41.5 Å². The molecule has 1 rings (SSSR count). The molecule has 0 atom stereocenters. The summed E-state index contributed by atoms with van der Waals surface area (Å²) in [5, 5.41) is 27.9. The number of carbonyl (C=O) groups is 2. The first-order valence-electron chi connectivity index (χ1n) is 7.64. The largest absolute Gasteiger partial charge is 0.503 e. The van der Waals surface area contributed by atoms with E-state index in [4.69, 9.17) is 30.0 Å². The van der Waals surface area contributed by atoms with Crippen molar-refractivity contribution in [1.29, 1.82) is 0 Å². The Morgan fingerprint density at radius 1 is 0.818 bits per heavy atom. The van der Waals surface area contributed by atoms with E-state index in [1.165, 1.54) is 32.1 Å². The Kier molecular flexibility index (Phi) is 16.8. The number of hydrogen-bond donors (Lipinski definition) is 4. The van der Waals surface area contributed by atoms with Gasteiger partial charge in [-0.05, 0) is 30.1 Å². The lowest BCUT2D eigenvalue weighted by molar-refractivity contribution is 0.135. The van der Waals surface area contributed by atoms with Crippen LogP contribution in [0.3, 0.4) is 0 Å². The Bertz CT molecular complexity index is 252. The van der Waals surface area contributed by atoms with Gasteiger partial charge in [0.15, 0.2) is 0 Å². The van der Waals surface area contributed by atoms with Crippen molar-refractivity contribution < 1.29 is 30.0 Å². The van der Waals surface area contributed by atoms with Gasteiger partial charge in [-0.2, -0.15) is 0 Å². The van der Waals surface area contributed by atoms with Crippen LogP contribution in [0.2, 0.25) is 0 Å². The molecule has 1 aliphatic carbocycles. The molecule has 1 aliphatic rings. The summed E-state index contributed by atoms with van der Waals surface area (Å²) in [6, 6.07) is 0. The molecule has 4 N–H and O–H groups in total. The van der Waals surface area contributed by atoms with Gasteiger partial charge in [-0.25, -0.2) is 9.59 Å². The maximum atomic E-state index is 8.56. The molecule has 0 saturated heterocycles. The minimum absolute atomic E-state index is 0.570. The second-order valence-electron chi connectivity index (χ2n) is 7.00. The van der Waals surface area contributed by atoms with E-state index in [9.17, 15) is 0 Å². The molecule has 6 nitrogen and oxygen atoms in total. The monoisotopic (exact) mass is 322 g/mol. The van der Waals surface area contributed by atoms with Crippen molar-refractivity contribution in [3.8, 4) is 0 Å². The molecule has 1 fully saturated rings. The fourth-order valence-corrected chi connectivity index (χ4v) is 1.97. The van der Waals surface area contributed by atoms with Crippen molar-refractivity contribution in [2.24, 2.45) is 17.3 Å². The van der Waals surface area contributed by atoms with Gasteiger partial charge < -0.3 is 20.4 Å². The second-order valence-corrected chi connectivity index (χ2v) is 7.00. The molecule has 0 heterocycles. The molecule has 0 aliphatic heterocycles. The average Bonchev–Trinajstić information content (AvgIpc) is 2.26. The van der Waals surface area contributed by atoms with Crippen LogP contribution in [0.1, 0.15) is 73.6 Å². The minimum atomic E-state index is -1.83. The molecule has 22 heavy (non-hydrogen) atoms. The summed E-state index contributed by atoms with van der Waals surface area (Å²) in [6.45, 7) is 13.6. The van der Waals surface area contributed by atoms with Crippen LogP contribution >= 0.6 is 0 Å². The summed E-state index contributed by atoms with van der Waals surface area (Å²) in [7, 11) is 0. The Labute approximate surface area is 134 Å². The van der Waals surface area contributed by atoms with Gasteiger partial charge >= 0.3 is 12.3 Å². The van der Waals surface area contributed by atoms with E-state index in [-0.39, 0.29) is 0 Å². The number of carboxylic acid groups (broad SMARTS) is 4. The summed E-state index contributed by atoms with van der Waals surface area (Å²) < 4.78 is 0. The minimum Gasteiger partial charge on any atom is -0.450 e. The smallest absolute Gasteiger partial charge is 0.450 e. The summed E-state index contributed by atoms with van der Waals surface area (Å²) in [6.07, 6.45) is 3.71. The van der Waals surface area contributed by atoms with Gasteiger partial charge in [0, 0.05) is 0 Å². The third-order valence-corrected chi connectivity index (χ3v) is 2.83. The summed E-state index contributed by atoms with van der Waals surface area (Å²) in [5.74, 6) is 1.83. The van der Waals surface area contributed by atoms with E-state index >= 15 is 0 Å². The molecular weight excluding hydrogens is 288 g/mol. The van der Waals surface area contributed by atoms with E-state index in [0.29, 0.717) is 5.41 Å². The molecule has 134 valence electrons. The third-order valence-electron chi connectivity index (χ3n) is 2.83. The zero-order valence-electron chi connectivity index (χ0n) is 14.8. The van der Waals surface area contributed by atoms with Crippen molar-refractivity contribution in [2.45, 2.75) is 73.6 Å². The molecule has 0 amide bonds. The predicted molar refractivity (Wildman–Crippen MR) is 87.8 cm³/mol. The van der Waals surface area contributed by atoms with Crippen molar-refractivity contribution >= 4 is 12.3 Å². The SMILES string of the molecule is CC(C)(C)C1CCCCC1.CC(C)C.O=C(O)O.O=C(O)O. The van der Waals surface area contributed by atoms with Gasteiger partial charge in [-0.3, -0.25) is 0 Å². The predicted octanol–water partition coefficient (Wildman–Crippen LogP) is 5.72. The summed E-state index contributed by atoms with van der Waals surface area (Å²) in [5.41, 5.74) is 0.570. The highest BCUT2D eigenvalue weighted by Crippen LogP contribution is 2.37. The van der Waals surface area contributed by atoms with Gasteiger partial charge in [-0.15, -0.1) is 0 Å². The van der Waals surface area contributed by atoms with Gasteiger partial charge in [0.05, 0.1) is 0 Å². The molecule has 0 spiro atoms. The first-order valence-corrected chi connectivity index (χ1v) is 7.64. The molecular formula is C16H34O6. The Hall–Kier alpha value is -1.46. The zero-order chi connectivity index (χ0) is 18.3. The molecule has 0 aromatic heterocycles. The van der Waals surface area contributed by atoms with E-state index in [1.807, 2.05) is 0 Å². The summed E-state index contributed by atoms with van der Waals surface area (Å²) in [4.78, 5) is 17.1. The van der Waals surface area contributed by atoms with E-state index < -0.39 is 12.3 Å². The van der Waals surface area contributed by atoms with Crippen LogP contribution in [-0.4, -0.2) is 32.7 Å². The highest BCUT2D eigenvalue weighted by atomic mass is 16.6. The molecule has 0 radical (unpaired) electrons. The van der Waals surface area contributed by atoms with Crippen LogP contribution in [0.5, 0.6) is 0 Å². The Balaban J connectivity index is -0.000000253. The van der Waals surface area contributed by atoms with E-state index in [0.717, 1.165) is 11.8 Å². The maximum Gasteiger partial charge on any atom is 0.503 e. The normalized spacial score (nSPS) is 14.3. The first-order chi connectivity index (χ1) is 9.80. The molecule has 6 heteroatoms. The van der Waals surface area contributed by atoms with Gasteiger partial charge in [0.2, 0.25) is 0 Å². The lowest BCUT2D eigenvalue weighted by Gasteiger charge is -2.33. The first kappa shape index (κ1) is 25.5. The van der Waals surface area contributed by atoms with Crippen molar-refractivity contribution in [2.75, 3.05) is 0 Å². The van der Waals surface area contributed by atoms with E-state index in [1.54, 1.807) is 0 Å². The number of rotatable bonds is 0. The highest BCUT2D eigenvalue weighted by Gasteiger charge is 2.25. The maximum absolute atomic E-state index is 8.56. The van der Waals surface area contributed by atoms with Crippen LogP contribution in [0.4, 0.5) is 9.59 Å². The lowest BCUT2D eigenvalue weighted by Crippen LogP contribution is -2.22. The van der Waals surface area contributed by atoms with Crippen LogP contribution in [0, 0.1) is 17.3 Å². The molecule has 0 unspecified atom stereocenters. The van der Waals surface area contributed by atoms with Gasteiger partial charge in [0.25, 0.3) is 0 Å². The average molecular weight is 322 g/mol. The lowest BCUT2D eigenvalue weighted by atomic mass is 9.72. The Morgan fingerprint density at radius 2 is 1.05 bits per heavy atom.